The second-order valence-electron chi connectivity index (χ2n) is 6.45. The third-order valence-corrected chi connectivity index (χ3v) is 5.65. The Bertz CT molecular complexity index is 1040. The Morgan fingerprint density at radius 2 is 1.73 bits per heavy atom. The van der Waals surface area contributed by atoms with Crippen molar-refractivity contribution in [3.63, 3.8) is 0 Å². The minimum atomic E-state index is -0.525. The maximum atomic E-state index is 13.3. The Balaban J connectivity index is 1.89. The summed E-state index contributed by atoms with van der Waals surface area (Å²) in [5.41, 5.74) is 2.03. The highest BCUT2D eigenvalue weighted by Gasteiger charge is 2.23. The highest BCUT2D eigenvalue weighted by molar-refractivity contribution is 8.00. The molecular weight excluding hydrogens is 420 g/mol. The van der Waals surface area contributed by atoms with Gasteiger partial charge in [0.25, 0.3) is 0 Å². The van der Waals surface area contributed by atoms with Gasteiger partial charge in [0.05, 0.1) is 12.8 Å². The fraction of sp³-hybridized carbons (Fsp3) is 0.130. The molecule has 0 aromatic heterocycles. The first kappa shape index (κ1) is 21.7. The lowest BCUT2D eigenvalue weighted by Crippen LogP contribution is -2.19. The van der Waals surface area contributed by atoms with Crippen LogP contribution < -0.4 is 15.4 Å². The van der Waals surface area contributed by atoms with E-state index in [1.807, 2.05) is 48.5 Å². The summed E-state index contributed by atoms with van der Waals surface area (Å²) in [5.74, 6) is 0.163. The lowest BCUT2D eigenvalue weighted by Gasteiger charge is -2.19. The van der Waals surface area contributed by atoms with Crippen molar-refractivity contribution in [3.8, 4) is 5.75 Å². The number of halogens is 1. The Labute approximate surface area is 184 Å². The molecule has 0 spiro atoms. The lowest BCUT2D eigenvalue weighted by molar-refractivity contribution is -0.116. The molecule has 0 saturated heterocycles. The summed E-state index contributed by atoms with van der Waals surface area (Å²) < 4.78 is 5.34. The zero-order valence-electron chi connectivity index (χ0n) is 16.5. The Morgan fingerprint density at radius 1 is 0.967 bits per heavy atom. The quantitative estimate of drug-likeness (QED) is 0.457. The molecule has 0 fully saturated rings. The normalized spacial score (nSPS) is 11.4. The highest BCUT2D eigenvalue weighted by Crippen LogP contribution is 2.38. The maximum absolute atomic E-state index is 13.3. The number of methoxy groups -OCH3 is 1. The van der Waals surface area contributed by atoms with Crippen molar-refractivity contribution in [1.82, 2.24) is 0 Å². The van der Waals surface area contributed by atoms with E-state index < -0.39 is 5.25 Å². The SMILES string of the molecule is COc1ccc(Cl)cc1NC(=O)C(Sc1cccc(NC(C)=O)c1)c1ccccc1. The van der Waals surface area contributed by atoms with E-state index in [0.717, 1.165) is 10.5 Å². The molecule has 3 aromatic carbocycles. The molecule has 1 unspecified atom stereocenters. The van der Waals surface area contributed by atoms with Gasteiger partial charge in [-0.2, -0.15) is 0 Å². The molecular formula is C23H21ClN2O3S. The molecule has 7 heteroatoms. The average molecular weight is 441 g/mol. The minimum absolute atomic E-state index is 0.150. The molecule has 2 amide bonds. The molecule has 3 aromatic rings. The van der Waals surface area contributed by atoms with Gasteiger partial charge >= 0.3 is 0 Å². The van der Waals surface area contributed by atoms with Gasteiger partial charge in [-0.05, 0) is 42.0 Å². The summed E-state index contributed by atoms with van der Waals surface area (Å²) in [5, 5.41) is 5.67. The highest BCUT2D eigenvalue weighted by atomic mass is 35.5. The number of carbonyl (C=O) groups excluding carboxylic acids is 2. The monoisotopic (exact) mass is 440 g/mol. The second kappa shape index (κ2) is 10.2. The van der Waals surface area contributed by atoms with E-state index >= 15 is 0 Å². The van der Waals surface area contributed by atoms with Gasteiger partial charge in [-0.15, -0.1) is 11.8 Å². The van der Waals surface area contributed by atoms with Gasteiger partial charge in [-0.1, -0.05) is 48.0 Å². The van der Waals surface area contributed by atoms with Gasteiger partial charge in [0.1, 0.15) is 11.0 Å². The van der Waals surface area contributed by atoms with Gasteiger partial charge in [-0.25, -0.2) is 0 Å². The number of carbonyl (C=O) groups is 2. The largest absolute Gasteiger partial charge is 0.495 e. The summed E-state index contributed by atoms with van der Waals surface area (Å²) in [6.07, 6.45) is 0. The molecule has 0 aliphatic carbocycles. The molecule has 0 heterocycles. The smallest absolute Gasteiger partial charge is 0.242 e. The van der Waals surface area contributed by atoms with Gasteiger partial charge in [0.15, 0.2) is 0 Å². The van der Waals surface area contributed by atoms with Gasteiger partial charge in [0.2, 0.25) is 11.8 Å². The Morgan fingerprint density at radius 3 is 2.43 bits per heavy atom. The molecule has 0 bridgehead atoms. The number of rotatable bonds is 7. The number of hydrogen-bond acceptors (Lipinski definition) is 4. The van der Waals surface area contributed by atoms with E-state index in [4.69, 9.17) is 16.3 Å². The van der Waals surface area contributed by atoms with Crippen molar-refractivity contribution in [2.45, 2.75) is 17.1 Å². The molecule has 5 nitrogen and oxygen atoms in total. The summed E-state index contributed by atoms with van der Waals surface area (Å²) in [4.78, 5) is 25.5. The van der Waals surface area contributed by atoms with Crippen LogP contribution in [0.3, 0.4) is 0 Å². The standard InChI is InChI=1S/C23H21ClN2O3S/c1-15(27)25-18-9-6-10-19(14-18)30-22(16-7-4-3-5-8-16)23(28)26-20-13-17(24)11-12-21(20)29-2/h3-14,22H,1-2H3,(H,25,27)(H,26,28). The average Bonchev–Trinajstić information content (AvgIpc) is 2.72. The van der Waals surface area contributed by atoms with Crippen LogP contribution in [0.25, 0.3) is 0 Å². The van der Waals surface area contributed by atoms with E-state index in [-0.39, 0.29) is 11.8 Å². The van der Waals surface area contributed by atoms with Crippen molar-refractivity contribution in [2.24, 2.45) is 0 Å². The molecule has 0 aliphatic rings. The van der Waals surface area contributed by atoms with Crippen molar-refractivity contribution in [3.05, 3.63) is 83.4 Å². The van der Waals surface area contributed by atoms with Crippen LogP contribution in [0.15, 0.2) is 77.7 Å². The van der Waals surface area contributed by atoms with Crippen LogP contribution in [0.2, 0.25) is 5.02 Å². The summed E-state index contributed by atoms with van der Waals surface area (Å²) in [7, 11) is 1.54. The van der Waals surface area contributed by atoms with Gasteiger partial charge in [-0.3, -0.25) is 9.59 Å². The molecule has 1 atom stereocenters. The first-order chi connectivity index (χ1) is 14.5. The van der Waals surface area contributed by atoms with E-state index in [1.165, 1.54) is 25.8 Å². The number of anilines is 2. The van der Waals surface area contributed by atoms with Gasteiger partial charge in [0, 0.05) is 22.5 Å². The number of nitrogens with one attached hydrogen (secondary N) is 2. The molecule has 0 saturated carbocycles. The number of hydrogen-bond donors (Lipinski definition) is 2. The third kappa shape index (κ3) is 5.78. The first-order valence-corrected chi connectivity index (χ1v) is 10.5. The van der Waals surface area contributed by atoms with Crippen LogP contribution in [-0.4, -0.2) is 18.9 Å². The maximum Gasteiger partial charge on any atom is 0.242 e. The summed E-state index contributed by atoms with van der Waals surface area (Å²) in [6, 6.07) is 22.0. The van der Waals surface area contributed by atoms with Crippen molar-refractivity contribution in [2.75, 3.05) is 17.7 Å². The predicted molar refractivity (Wildman–Crippen MR) is 122 cm³/mol. The number of amides is 2. The van der Waals surface area contributed by atoms with Crippen LogP contribution in [0.5, 0.6) is 5.75 Å². The minimum Gasteiger partial charge on any atom is -0.495 e. The van der Waals surface area contributed by atoms with E-state index in [1.54, 1.807) is 24.3 Å². The van der Waals surface area contributed by atoms with Crippen LogP contribution in [0.1, 0.15) is 17.7 Å². The van der Waals surface area contributed by atoms with Crippen molar-refractivity contribution < 1.29 is 14.3 Å². The second-order valence-corrected chi connectivity index (χ2v) is 8.07. The first-order valence-electron chi connectivity index (χ1n) is 9.20. The zero-order valence-corrected chi connectivity index (χ0v) is 18.1. The fourth-order valence-electron chi connectivity index (χ4n) is 2.86. The zero-order chi connectivity index (χ0) is 21.5. The molecule has 154 valence electrons. The Kier molecular flexibility index (Phi) is 7.38. The number of benzene rings is 3. The number of thioether (sulfide) groups is 1. The summed E-state index contributed by atoms with van der Waals surface area (Å²) in [6.45, 7) is 1.46. The molecule has 3 rings (SSSR count). The molecule has 2 N–H and O–H groups in total. The van der Waals surface area contributed by atoms with Crippen LogP contribution in [-0.2, 0) is 9.59 Å². The van der Waals surface area contributed by atoms with Crippen molar-refractivity contribution >= 4 is 46.6 Å². The van der Waals surface area contributed by atoms with Gasteiger partial charge < -0.3 is 15.4 Å². The topological polar surface area (TPSA) is 67.4 Å². The molecule has 0 radical (unpaired) electrons. The molecule has 30 heavy (non-hydrogen) atoms. The van der Waals surface area contributed by atoms with E-state index in [0.29, 0.717) is 22.1 Å². The molecule has 0 aliphatic heterocycles. The summed E-state index contributed by atoms with van der Waals surface area (Å²) >= 11 is 7.49. The van der Waals surface area contributed by atoms with Crippen LogP contribution in [0, 0.1) is 0 Å². The lowest BCUT2D eigenvalue weighted by atomic mass is 10.1. The van der Waals surface area contributed by atoms with Crippen LogP contribution >= 0.6 is 23.4 Å². The fourth-order valence-corrected chi connectivity index (χ4v) is 4.12. The Hall–Kier alpha value is -2.96. The van der Waals surface area contributed by atoms with Crippen LogP contribution in [0.4, 0.5) is 11.4 Å². The predicted octanol–water partition coefficient (Wildman–Crippen LogP) is 5.78. The third-order valence-electron chi connectivity index (χ3n) is 4.17. The van der Waals surface area contributed by atoms with Crippen molar-refractivity contribution in [1.29, 1.82) is 0 Å². The number of ether oxygens (including phenoxy) is 1. The van der Waals surface area contributed by atoms with E-state index in [9.17, 15) is 9.59 Å². The van der Waals surface area contributed by atoms with E-state index in [2.05, 4.69) is 10.6 Å².